The highest BCUT2D eigenvalue weighted by Crippen LogP contribution is 2.52. The van der Waals surface area contributed by atoms with Gasteiger partial charge in [-0.2, -0.15) is 4.98 Å². The number of ether oxygens (including phenoxy) is 2. The van der Waals surface area contributed by atoms with Crippen LogP contribution in [0.5, 0.6) is 0 Å². The number of nitrogen functional groups attached to an aromatic ring is 2. The largest absolute Gasteiger partial charge is 0.472 e. The van der Waals surface area contributed by atoms with E-state index in [9.17, 15) is 38.1 Å². The number of rotatable bonds is 22. The van der Waals surface area contributed by atoms with Crippen molar-refractivity contribution in [1.29, 1.82) is 0 Å². The van der Waals surface area contributed by atoms with E-state index in [1.165, 1.54) is 78.1 Å². The Morgan fingerprint density at radius 2 is 1.32 bits per heavy atom. The fourth-order valence-corrected chi connectivity index (χ4v) is 12.0. The third-order valence-corrected chi connectivity index (χ3v) is 15.5. The summed E-state index contributed by atoms with van der Waals surface area (Å²) >= 11 is 0. The third kappa shape index (κ3) is 11.3. The SMILES string of the molecule is Nc1ccn([C@H]2C[C@H](OP(=O)(O)OC[C@H]3O[C@@H](n4cnc5c(N)ncnc54)C[C@@H]3OP(=O)(O)O)[C@@H](COP(=O)(O)OCCCCCCNCc3ccc4c5cccc6cccc(c7cccc3c74)c65)O2)c(=O)n1. The summed E-state index contributed by atoms with van der Waals surface area (Å²) in [7, 11) is -14.9. The number of phosphoric ester groups is 3. The van der Waals surface area contributed by atoms with Crippen LogP contribution in [0.25, 0.3) is 54.3 Å². The minimum atomic E-state index is -5.13. The molecule has 0 saturated carbocycles. The number of anilines is 2. The molecule has 5 aromatic carbocycles. The highest BCUT2D eigenvalue weighted by molar-refractivity contribution is 7.47. The maximum Gasteiger partial charge on any atom is 0.472 e. The molecule has 73 heavy (non-hydrogen) atoms. The smallest absolute Gasteiger partial charge is 0.383 e. The summed E-state index contributed by atoms with van der Waals surface area (Å²) in [6, 6.07) is 25.2. The minimum absolute atomic E-state index is 0.0729. The molecule has 24 nitrogen and oxygen atoms in total. The van der Waals surface area contributed by atoms with Crippen molar-refractivity contribution in [2.45, 2.75) is 81.9 Å². The van der Waals surface area contributed by atoms with Crippen LogP contribution in [0.15, 0.2) is 96.4 Å². The normalized spacial score (nSPS) is 22.3. The second kappa shape index (κ2) is 21.1. The van der Waals surface area contributed by atoms with Crippen LogP contribution in [-0.4, -0.2) is 99.4 Å². The average molecular weight is 1060 g/mol. The fourth-order valence-electron chi connectivity index (χ4n) is 9.71. The Hall–Kier alpha value is -5.36. The van der Waals surface area contributed by atoms with Gasteiger partial charge in [0.15, 0.2) is 11.5 Å². The molecule has 2 fully saturated rings. The van der Waals surface area contributed by atoms with Gasteiger partial charge in [0.2, 0.25) is 0 Å². The molecule has 5 heterocycles. The van der Waals surface area contributed by atoms with Gasteiger partial charge in [-0.05, 0) is 74.1 Å². The van der Waals surface area contributed by atoms with E-state index in [1.54, 1.807) is 0 Å². The molecule has 2 saturated heterocycles. The fraction of sp³-hybridized carbons (Fsp3) is 0.370. The van der Waals surface area contributed by atoms with E-state index in [4.69, 9.17) is 43.6 Å². The molecule has 2 aliphatic rings. The van der Waals surface area contributed by atoms with Gasteiger partial charge < -0.3 is 45.8 Å². The van der Waals surface area contributed by atoms with Crippen molar-refractivity contribution in [3.63, 3.8) is 0 Å². The number of nitrogens with one attached hydrogen (secondary N) is 1. The first-order valence-corrected chi connectivity index (χ1v) is 27.9. The summed E-state index contributed by atoms with van der Waals surface area (Å²) in [5.41, 5.74) is 12.4. The number of imidazole rings is 1. The Morgan fingerprint density at radius 1 is 0.685 bits per heavy atom. The van der Waals surface area contributed by atoms with E-state index in [0.717, 1.165) is 24.0 Å². The molecule has 3 aromatic heterocycles. The summed E-state index contributed by atoms with van der Waals surface area (Å²) in [5.74, 6) is 0.000757. The maximum absolute atomic E-state index is 13.5. The van der Waals surface area contributed by atoms with Crippen molar-refractivity contribution >= 4 is 89.4 Å². The van der Waals surface area contributed by atoms with E-state index >= 15 is 0 Å². The Labute approximate surface area is 415 Å². The Balaban J connectivity index is 0.707. The summed E-state index contributed by atoms with van der Waals surface area (Å²) in [5, 5.41) is 13.6. The van der Waals surface area contributed by atoms with Crippen LogP contribution in [0.2, 0.25) is 0 Å². The molecule has 10 rings (SSSR count). The van der Waals surface area contributed by atoms with Crippen LogP contribution in [0.4, 0.5) is 11.6 Å². The topological polar surface area (TPSA) is 339 Å². The molecule has 2 unspecified atom stereocenters. The van der Waals surface area contributed by atoms with Crippen LogP contribution in [0, 0.1) is 0 Å². The predicted octanol–water partition coefficient (Wildman–Crippen LogP) is 6.34. The Bertz CT molecular complexity index is 3460. The third-order valence-electron chi connectivity index (χ3n) is 13.0. The maximum atomic E-state index is 13.5. The molecule has 0 spiro atoms. The lowest BCUT2D eigenvalue weighted by atomic mass is 9.88. The Morgan fingerprint density at radius 3 is 2.03 bits per heavy atom. The lowest BCUT2D eigenvalue weighted by Crippen LogP contribution is -2.30. The van der Waals surface area contributed by atoms with Crippen molar-refractivity contribution in [2.24, 2.45) is 0 Å². The van der Waals surface area contributed by atoms with Crippen LogP contribution in [0.1, 0.15) is 56.5 Å². The number of phosphoric acid groups is 3. The molecule has 0 bridgehead atoms. The number of unbranched alkanes of at least 4 members (excludes halogenated alkanes) is 3. The molecule has 0 amide bonds. The van der Waals surface area contributed by atoms with Gasteiger partial charge >= 0.3 is 29.2 Å². The van der Waals surface area contributed by atoms with Gasteiger partial charge in [0.05, 0.1) is 26.1 Å². The standard InChI is InChI=1S/C46H52N9O15P3/c47-38-16-18-54(46(56)53-38)39-21-35(70-73(62,63)66-24-36-34(69-71(57,58)59)20-40(68-36)55-26-52-43-44(48)50-25-51-45(43)55)37(67-39)23-65-72(60,61)64-19-4-2-1-3-17-49-22-28-14-15-33-31-12-6-9-27-8-5-11-30(41(27)31)32-13-7-10-29(28)42(32)33/h5-16,18,25-26,34-37,39-40,49H,1-4,17,19-24H2,(H,60,61)(H,62,63)(H2,47,53,56)(H2,48,50,51)(H2,57,58,59)/t34-,35-,36+,37+,39+,40+/m0/s1. The zero-order valence-corrected chi connectivity index (χ0v) is 41.5. The lowest BCUT2D eigenvalue weighted by molar-refractivity contribution is -0.0560. The number of aromatic nitrogens is 6. The first-order chi connectivity index (χ1) is 35.0. The number of hydrogen-bond acceptors (Lipinski definition) is 18. The second-order valence-electron chi connectivity index (χ2n) is 17.8. The van der Waals surface area contributed by atoms with Crippen molar-refractivity contribution in [3.05, 3.63) is 108 Å². The lowest BCUT2D eigenvalue weighted by Gasteiger charge is -2.24. The molecule has 386 valence electrons. The number of nitrogens with two attached hydrogens (primary N) is 2. The van der Waals surface area contributed by atoms with Gasteiger partial charge in [-0.25, -0.2) is 33.4 Å². The summed E-state index contributed by atoms with van der Waals surface area (Å²) in [6.45, 7) is -0.122. The van der Waals surface area contributed by atoms with Crippen LogP contribution in [0.3, 0.4) is 0 Å². The predicted molar refractivity (Wildman–Crippen MR) is 267 cm³/mol. The molecule has 9 N–H and O–H groups in total. The van der Waals surface area contributed by atoms with Gasteiger partial charge in [-0.15, -0.1) is 0 Å². The van der Waals surface area contributed by atoms with E-state index < -0.39 is 79.2 Å². The first kappa shape index (κ1) is 51.1. The molecule has 0 radical (unpaired) electrons. The first-order valence-electron chi connectivity index (χ1n) is 23.4. The highest BCUT2D eigenvalue weighted by atomic mass is 31.2. The number of fused-ring (bicyclic) bond motifs is 3. The van der Waals surface area contributed by atoms with Gasteiger partial charge in [0, 0.05) is 25.6 Å². The molecule has 8 aromatic rings. The number of nitrogens with zero attached hydrogens (tertiary/aromatic N) is 6. The summed E-state index contributed by atoms with van der Waals surface area (Å²) in [6.07, 6.45) is -1.45. The van der Waals surface area contributed by atoms with E-state index in [2.05, 4.69) is 92.0 Å². The second-order valence-corrected chi connectivity index (χ2v) is 21.8. The quantitative estimate of drug-likeness (QED) is 0.0168. The van der Waals surface area contributed by atoms with Crippen molar-refractivity contribution < 1.29 is 65.4 Å². The van der Waals surface area contributed by atoms with E-state index in [1.807, 2.05) is 0 Å². The number of hydrogen-bond donors (Lipinski definition) is 7. The van der Waals surface area contributed by atoms with E-state index in [-0.39, 0.29) is 42.2 Å². The summed E-state index contributed by atoms with van der Waals surface area (Å²) < 4.78 is 79.1. The summed E-state index contributed by atoms with van der Waals surface area (Å²) in [4.78, 5) is 69.5. The van der Waals surface area contributed by atoms with Gasteiger partial charge in [-0.3, -0.25) is 31.8 Å². The van der Waals surface area contributed by atoms with E-state index in [0.29, 0.717) is 19.4 Å². The zero-order valence-electron chi connectivity index (χ0n) is 38.9. The molecular formula is C46H52N9O15P3. The minimum Gasteiger partial charge on any atom is -0.383 e. The average Bonchev–Trinajstić information content (AvgIpc) is 4.08. The number of benzene rings is 5. The van der Waals surface area contributed by atoms with Crippen LogP contribution < -0.4 is 22.5 Å². The monoisotopic (exact) mass is 1060 g/mol. The van der Waals surface area contributed by atoms with Gasteiger partial charge in [0.25, 0.3) is 0 Å². The van der Waals surface area contributed by atoms with Crippen LogP contribution in [-0.2, 0) is 52.3 Å². The highest BCUT2D eigenvalue weighted by Gasteiger charge is 2.46. The van der Waals surface area contributed by atoms with Gasteiger partial charge in [0.1, 0.15) is 54.5 Å². The van der Waals surface area contributed by atoms with Crippen molar-refractivity contribution in [1.82, 2.24) is 34.4 Å². The molecule has 8 atom stereocenters. The van der Waals surface area contributed by atoms with Crippen molar-refractivity contribution in [2.75, 3.05) is 37.8 Å². The Kier molecular flexibility index (Phi) is 14.8. The van der Waals surface area contributed by atoms with Crippen molar-refractivity contribution in [3.8, 4) is 0 Å². The van der Waals surface area contributed by atoms with Gasteiger partial charge in [-0.1, -0.05) is 79.6 Å². The molecule has 27 heteroatoms. The van der Waals surface area contributed by atoms with Crippen LogP contribution >= 0.6 is 23.5 Å². The molecular weight excluding hydrogens is 1010 g/mol. The molecule has 0 aliphatic carbocycles. The molecule has 2 aliphatic heterocycles. The zero-order chi connectivity index (χ0) is 51.1.